The minimum Gasteiger partial charge on any atom is -0.488 e. The number of nitrogens with two attached hydrogens (primary N) is 1. The Balaban J connectivity index is 1.92. The van der Waals surface area contributed by atoms with E-state index in [-0.39, 0.29) is 5.82 Å². The van der Waals surface area contributed by atoms with Crippen molar-refractivity contribution in [1.82, 2.24) is 0 Å². The molecule has 0 bridgehead atoms. The van der Waals surface area contributed by atoms with Crippen LogP contribution >= 0.6 is 0 Å². The number of hydrogen-bond donors (Lipinski definition) is 1. The predicted octanol–water partition coefficient (Wildman–Crippen LogP) is 4.84. The minimum atomic E-state index is -0.238. The fourth-order valence-corrected chi connectivity index (χ4v) is 2.79. The summed E-state index contributed by atoms with van der Waals surface area (Å²) >= 11 is 0. The highest BCUT2D eigenvalue weighted by Gasteiger charge is 2.12. The van der Waals surface area contributed by atoms with Crippen molar-refractivity contribution in [3.63, 3.8) is 0 Å². The molecular weight excluding hydrogens is 301 g/mol. The summed E-state index contributed by atoms with van der Waals surface area (Å²) in [6, 6.07) is 20.6. The van der Waals surface area contributed by atoms with E-state index in [4.69, 9.17) is 10.5 Å². The van der Waals surface area contributed by atoms with Gasteiger partial charge in [-0.05, 0) is 41.8 Å². The zero-order valence-electron chi connectivity index (χ0n) is 13.6. The SMILES string of the molecule is Cc1cc(-c2ccccc2F)cc(CN)c1OCc1ccccc1. The molecule has 0 atom stereocenters. The van der Waals surface area contributed by atoms with E-state index in [1.54, 1.807) is 12.1 Å². The van der Waals surface area contributed by atoms with Crippen LogP contribution in [0.15, 0.2) is 66.7 Å². The summed E-state index contributed by atoms with van der Waals surface area (Å²) in [4.78, 5) is 0. The number of hydrogen-bond acceptors (Lipinski definition) is 2. The van der Waals surface area contributed by atoms with Gasteiger partial charge in [-0.15, -0.1) is 0 Å². The number of ether oxygens (including phenoxy) is 1. The summed E-state index contributed by atoms with van der Waals surface area (Å²) in [6.07, 6.45) is 0. The van der Waals surface area contributed by atoms with Crippen molar-refractivity contribution in [2.75, 3.05) is 0 Å². The lowest BCUT2D eigenvalue weighted by atomic mass is 9.98. The monoisotopic (exact) mass is 321 g/mol. The second-order valence-corrected chi connectivity index (χ2v) is 5.74. The van der Waals surface area contributed by atoms with E-state index in [1.165, 1.54) is 6.07 Å². The zero-order valence-corrected chi connectivity index (χ0v) is 13.6. The molecule has 0 spiro atoms. The van der Waals surface area contributed by atoms with Gasteiger partial charge in [-0.2, -0.15) is 0 Å². The first kappa shape index (κ1) is 16.2. The number of aryl methyl sites for hydroxylation is 1. The van der Waals surface area contributed by atoms with Gasteiger partial charge in [-0.1, -0.05) is 48.5 Å². The van der Waals surface area contributed by atoms with Crippen LogP contribution in [0.2, 0.25) is 0 Å². The lowest BCUT2D eigenvalue weighted by Crippen LogP contribution is -2.05. The third kappa shape index (κ3) is 3.47. The molecule has 0 heterocycles. The Hall–Kier alpha value is -2.65. The molecule has 0 aliphatic carbocycles. The highest BCUT2D eigenvalue weighted by molar-refractivity contribution is 5.68. The van der Waals surface area contributed by atoms with Crippen molar-refractivity contribution >= 4 is 0 Å². The molecule has 3 heteroatoms. The van der Waals surface area contributed by atoms with Crippen LogP contribution in [0.25, 0.3) is 11.1 Å². The molecule has 0 aromatic heterocycles. The molecule has 0 saturated carbocycles. The van der Waals surface area contributed by atoms with Crippen molar-refractivity contribution in [1.29, 1.82) is 0 Å². The predicted molar refractivity (Wildman–Crippen MR) is 95.2 cm³/mol. The van der Waals surface area contributed by atoms with E-state index >= 15 is 0 Å². The fourth-order valence-electron chi connectivity index (χ4n) is 2.79. The molecule has 3 aromatic carbocycles. The molecule has 3 rings (SSSR count). The van der Waals surface area contributed by atoms with Crippen LogP contribution in [-0.4, -0.2) is 0 Å². The van der Waals surface area contributed by atoms with Crippen LogP contribution in [0.5, 0.6) is 5.75 Å². The number of halogens is 1. The molecule has 2 N–H and O–H groups in total. The Morgan fingerprint density at radius 1 is 0.958 bits per heavy atom. The maximum atomic E-state index is 14.1. The highest BCUT2D eigenvalue weighted by atomic mass is 19.1. The Labute approximate surface area is 141 Å². The summed E-state index contributed by atoms with van der Waals surface area (Å²) in [5, 5.41) is 0. The van der Waals surface area contributed by atoms with Gasteiger partial charge in [-0.3, -0.25) is 0 Å². The summed E-state index contributed by atoms with van der Waals surface area (Å²) in [5.74, 6) is 0.541. The Kier molecular flexibility index (Phi) is 4.92. The van der Waals surface area contributed by atoms with Crippen molar-refractivity contribution < 1.29 is 9.13 Å². The van der Waals surface area contributed by atoms with Crippen LogP contribution in [0, 0.1) is 12.7 Å². The molecule has 0 amide bonds. The highest BCUT2D eigenvalue weighted by Crippen LogP contribution is 2.32. The largest absolute Gasteiger partial charge is 0.488 e. The summed E-state index contributed by atoms with van der Waals surface area (Å²) in [6.45, 7) is 2.78. The Morgan fingerprint density at radius 2 is 1.67 bits per heavy atom. The Morgan fingerprint density at radius 3 is 2.38 bits per heavy atom. The maximum Gasteiger partial charge on any atom is 0.131 e. The average Bonchev–Trinajstić information content (AvgIpc) is 2.61. The average molecular weight is 321 g/mol. The standard InChI is InChI=1S/C21H20FNO/c1-15-11-17(19-9-5-6-10-20(19)22)12-18(13-23)21(15)24-14-16-7-3-2-4-8-16/h2-12H,13-14,23H2,1H3. The molecular formula is C21H20FNO. The van der Waals surface area contributed by atoms with Crippen molar-refractivity contribution in [2.45, 2.75) is 20.1 Å². The topological polar surface area (TPSA) is 35.2 Å². The normalized spacial score (nSPS) is 10.6. The molecule has 0 unspecified atom stereocenters. The Bertz CT molecular complexity index is 830. The molecule has 0 fully saturated rings. The third-order valence-corrected chi connectivity index (χ3v) is 3.98. The lowest BCUT2D eigenvalue weighted by Gasteiger charge is -2.16. The first-order valence-electron chi connectivity index (χ1n) is 7.94. The first-order chi connectivity index (χ1) is 11.7. The molecule has 0 radical (unpaired) electrons. The first-order valence-corrected chi connectivity index (χ1v) is 7.94. The summed E-state index contributed by atoms with van der Waals surface area (Å²) in [5.41, 5.74) is 10.2. The molecule has 122 valence electrons. The van der Waals surface area contributed by atoms with Gasteiger partial charge in [0.05, 0.1) is 0 Å². The minimum absolute atomic E-state index is 0.238. The van der Waals surface area contributed by atoms with Crippen LogP contribution in [0.4, 0.5) is 4.39 Å². The van der Waals surface area contributed by atoms with E-state index in [0.29, 0.717) is 18.7 Å². The molecule has 2 nitrogen and oxygen atoms in total. The maximum absolute atomic E-state index is 14.1. The van der Waals surface area contributed by atoms with Gasteiger partial charge >= 0.3 is 0 Å². The van der Waals surface area contributed by atoms with Gasteiger partial charge in [0.2, 0.25) is 0 Å². The number of rotatable bonds is 5. The molecule has 0 aliphatic heterocycles. The third-order valence-electron chi connectivity index (χ3n) is 3.98. The summed E-state index contributed by atoms with van der Waals surface area (Å²) in [7, 11) is 0. The smallest absolute Gasteiger partial charge is 0.131 e. The summed E-state index contributed by atoms with van der Waals surface area (Å²) < 4.78 is 20.0. The van der Waals surface area contributed by atoms with E-state index < -0.39 is 0 Å². The molecule has 0 saturated heterocycles. The fraction of sp³-hybridized carbons (Fsp3) is 0.143. The van der Waals surface area contributed by atoms with Crippen LogP contribution < -0.4 is 10.5 Å². The quantitative estimate of drug-likeness (QED) is 0.730. The van der Waals surface area contributed by atoms with E-state index in [0.717, 1.165) is 28.0 Å². The second-order valence-electron chi connectivity index (χ2n) is 5.74. The van der Waals surface area contributed by atoms with E-state index in [2.05, 4.69) is 0 Å². The van der Waals surface area contributed by atoms with Gasteiger partial charge in [-0.25, -0.2) is 4.39 Å². The van der Waals surface area contributed by atoms with Gasteiger partial charge in [0.1, 0.15) is 18.2 Å². The second kappa shape index (κ2) is 7.28. The van der Waals surface area contributed by atoms with E-state index in [9.17, 15) is 4.39 Å². The van der Waals surface area contributed by atoms with E-state index in [1.807, 2.05) is 55.5 Å². The zero-order chi connectivity index (χ0) is 16.9. The molecule has 24 heavy (non-hydrogen) atoms. The van der Waals surface area contributed by atoms with Crippen LogP contribution in [-0.2, 0) is 13.2 Å². The number of benzene rings is 3. The van der Waals surface area contributed by atoms with Gasteiger partial charge < -0.3 is 10.5 Å². The van der Waals surface area contributed by atoms with Crippen LogP contribution in [0.1, 0.15) is 16.7 Å². The van der Waals surface area contributed by atoms with Crippen molar-refractivity contribution in [3.8, 4) is 16.9 Å². The van der Waals surface area contributed by atoms with Crippen molar-refractivity contribution in [2.24, 2.45) is 5.73 Å². The van der Waals surface area contributed by atoms with Gasteiger partial charge in [0.15, 0.2) is 0 Å². The molecule has 3 aromatic rings. The van der Waals surface area contributed by atoms with Gasteiger partial charge in [0.25, 0.3) is 0 Å². The van der Waals surface area contributed by atoms with Crippen molar-refractivity contribution in [3.05, 3.63) is 89.2 Å². The van der Waals surface area contributed by atoms with Crippen LogP contribution in [0.3, 0.4) is 0 Å². The molecule has 0 aliphatic rings. The lowest BCUT2D eigenvalue weighted by molar-refractivity contribution is 0.301. The van der Waals surface area contributed by atoms with Gasteiger partial charge in [0, 0.05) is 17.7 Å².